The van der Waals surface area contributed by atoms with Gasteiger partial charge < -0.3 is 9.53 Å². The summed E-state index contributed by atoms with van der Waals surface area (Å²) in [6.45, 7) is 8.71. The largest absolute Gasteiger partial charge is 0.407 e. The summed E-state index contributed by atoms with van der Waals surface area (Å²) in [7, 11) is -1.68. The molecule has 0 aromatic heterocycles. The number of hydrogen-bond acceptors (Lipinski definition) is 2. The molecule has 21 heavy (non-hydrogen) atoms. The van der Waals surface area contributed by atoms with Crippen molar-refractivity contribution in [2.45, 2.75) is 64.5 Å². The van der Waals surface area contributed by atoms with Gasteiger partial charge in [-0.15, -0.1) is 0 Å². The van der Waals surface area contributed by atoms with Crippen molar-refractivity contribution in [3.05, 3.63) is 48.0 Å². The summed E-state index contributed by atoms with van der Waals surface area (Å²) in [6, 6.07) is 13.7. The van der Waals surface area contributed by atoms with Crippen LogP contribution in [0, 0.1) is 0 Å². The Kier molecular flexibility index (Phi) is 7.94. The summed E-state index contributed by atoms with van der Waals surface area (Å²) in [6.07, 6.45) is 4.21. The van der Waals surface area contributed by atoms with Crippen LogP contribution >= 0.6 is 0 Å². The van der Waals surface area contributed by atoms with Crippen LogP contribution in [-0.4, -0.2) is 19.5 Å². The molecule has 0 aliphatic heterocycles. The van der Waals surface area contributed by atoms with Crippen LogP contribution in [0.2, 0.25) is 18.1 Å². The molecule has 2 nitrogen and oxygen atoms in total. The first-order valence-electron chi connectivity index (χ1n) is 8.19. The first kappa shape index (κ1) is 18.1. The van der Waals surface area contributed by atoms with Crippen LogP contribution in [0.3, 0.4) is 0 Å². The number of aliphatic hydroxyl groups is 1. The zero-order valence-corrected chi connectivity index (χ0v) is 14.9. The highest BCUT2D eigenvalue weighted by Crippen LogP contribution is 2.30. The van der Waals surface area contributed by atoms with Gasteiger partial charge in [0, 0.05) is 0 Å². The Bertz CT molecular complexity index is 404. The number of aliphatic hydroxyl groups excluding tert-OH is 1. The molecule has 0 heterocycles. The average Bonchev–Trinajstić information content (AvgIpc) is 2.56. The average molecular weight is 307 g/mol. The van der Waals surface area contributed by atoms with E-state index in [1.165, 1.54) is 5.56 Å². The molecule has 1 aromatic rings. The van der Waals surface area contributed by atoms with Crippen molar-refractivity contribution in [3.8, 4) is 0 Å². The molecular weight excluding hydrogens is 276 g/mol. The fourth-order valence-corrected chi connectivity index (χ4v) is 5.25. The highest BCUT2D eigenvalue weighted by Gasteiger charge is 2.31. The second-order valence-electron chi connectivity index (χ2n) is 5.55. The molecule has 1 rings (SSSR count). The van der Waals surface area contributed by atoms with Gasteiger partial charge in [-0.3, -0.25) is 0 Å². The third kappa shape index (κ3) is 5.42. The van der Waals surface area contributed by atoms with Crippen LogP contribution in [0.4, 0.5) is 0 Å². The Morgan fingerprint density at radius 2 is 1.57 bits per heavy atom. The van der Waals surface area contributed by atoms with Gasteiger partial charge in [0.2, 0.25) is 0 Å². The predicted molar refractivity (Wildman–Crippen MR) is 92.9 cm³/mol. The van der Waals surface area contributed by atoms with Gasteiger partial charge in [-0.2, -0.15) is 0 Å². The molecule has 0 radical (unpaired) electrons. The Morgan fingerprint density at radius 3 is 2.05 bits per heavy atom. The van der Waals surface area contributed by atoms with Gasteiger partial charge in [-0.25, -0.2) is 0 Å². The smallest absolute Gasteiger partial charge is 0.193 e. The minimum absolute atomic E-state index is 0.0427. The quantitative estimate of drug-likeness (QED) is 0.509. The SMILES string of the molecule is CC[C@H](O)/C=C/[C@@H](O[Si](CC)(CC)CC)c1ccccc1. The van der Waals surface area contributed by atoms with Gasteiger partial charge in [0.05, 0.1) is 12.2 Å². The molecule has 3 heteroatoms. The van der Waals surface area contributed by atoms with Crippen LogP contribution in [0.15, 0.2) is 42.5 Å². The maximum Gasteiger partial charge on any atom is 0.193 e. The zero-order valence-electron chi connectivity index (χ0n) is 13.9. The Hall–Kier alpha value is -0.903. The van der Waals surface area contributed by atoms with E-state index in [1.807, 2.05) is 37.3 Å². The predicted octanol–water partition coefficient (Wildman–Crippen LogP) is 5.08. The minimum atomic E-state index is -1.68. The van der Waals surface area contributed by atoms with Crippen molar-refractivity contribution in [2.24, 2.45) is 0 Å². The van der Waals surface area contributed by atoms with Crippen molar-refractivity contribution in [3.63, 3.8) is 0 Å². The van der Waals surface area contributed by atoms with Gasteiger partial charge in [0.1, 0.15) is 0 Å². The van der Waals surface area contributed by atoms with Crippen LogP contribution < -0.4 is 0 Å². The van der Waals surface area contributed by atoms with Crippen molar-refractivity contribution >= 4 is 8.32 Å². The van der Waals surface area contributed by atoms with E-state index in [4.69, 9.17) is 4.43 Å². The van der Waals surface area contributed by atoms with Crippen LogP contribution in [0.25, 0.3) is 0 Å². The fraction of sp³-hybridized carbons (Fsp3) is 0.556. The molecule has 0 saturated carbocycles. The lowest BCUT2D eigenvalue weighted by atomic mass is 10.1. The van der Waals surface area contributed by atoms with E-state index < -0.39 is 8.32 Å². The van der Waals surface area contributed by atoms with Crippen molar-refractivity contribution in [2.75, 3.05) is 0 Å². The van der Waals surface area contributed by atoms with Gasteiger partial charge >= 0.3 is 0 Å². The first-order valence-corrected chi connectivity index (χ1v) is 10.7. The maximum absolute atomic E-state index is 9.79. The Labute approximate surface area is 131 Å². The first-order chi connectivity index (χ1) is 10.1. The van der Waals surface area contributed by atoms with E-state index in [9.17, 15) is 5.11 Å². The number of benzene rings is 1. The van der Waals surface area contributed by atoms with E-state index in [2.05, 4.69) is 32.9 Å². The van der Waals surface area contributed by atoms with Crippen LogP contribution in [0.5, 0.6) is 0 Å². The molecule has 0 amide bonds. The van der Waals surface area contributed by atoms with Gasteiger partial charge in [0.25, 0.3) is 0 Å². The molecule has 0 aliphatic rings. The second-order valence-corrected chi connectivity index (χ2v) is 10.3. The van der Waals surface area contributed by atoms with Crippen molar-refractivity contribution in [1.82, 2.24) is 0 Å². The molecule has 1 N–H and O–H groups in total. The molecule has 2 atom stereocenters. The topological polar surface area (TPSA) is 29.5 Å². The summed E-state index contributed by atoms with van der Waals surface area (Å²) in [5.41, 5.74) is 1.17. The monoisotopic (exact) mass is 306 g/mol. The molecule has 0 spiro atoms. The highest BCUT2D eigenvalue weighted by molar-refractivity contribution is 6.73. The van der Waals surface area contributed by atoms with Gasteiger partial charge in [-0.05, 0) is 30.1 Å². The number of hydrogen-bond donors (Lipinski definition) is 1. The molecule has 118 valence electrons. The second kappa shape index (κ2) is 9.18. The van der Waals surface area contributed by atoms with E-state index in [0.29, 0.717) is 0 Å². The van der Waals surface area contributed by atoms with E-state index in [-0.39, 0.29) is 12.2 Å². The minimum Gasteiger partial charge on any atom is -0.407 e. The molecule has 0 unspecified atom stereocenters. The molecule has 0 fully saturated rings. The van der Waals surface area contributed by atoms with Crippen LogP contribution in [-0.2, 0) is 4.43 Å². The van der Waals surface area contributed by atoms with E-state index in [0.717, 1.165) is 24.6 Å². The van der Waals surface area contributed by atoms with Crippen molar-refractivity contribution in [1.29, 1.82) is 0 Å². The Morgan fingerprint density at radius 1 is 1.00 bits per heavy atom. The van der Waals surface area contributed by atoms with Gasteiger partial charge in [0.15, 0.2) is 8.32 Å². The normalized spacial score (nSPS) is 15.3. The van der Waals surface area contributed by atoms with E-state index in [1.54, 1.807) is 0 Å². The third-order valence-electron chi connectivity index (χ3n) is 4.36. The lowest BCUT2D eigenvalue weighted by molar-refractivity contribution is 0.210. The standard InChI is InChI=1S/C18H30O2Si/c1-5-17(19)14-15-18(16-12-10-9-11-13-16)20-21(6-2,7-3)8-4/h9-15,17-19H,5-8H2,1-4H3/b15-14+/t17-,18+/m0/s1. The molecular formula is C18H30O2Si. The van der Waals surface area contributed by atoms with Crippen LogP contribution in [0.1, 0.15) is 45.8 Å². The molecule has 1 aromatic carbocycles. The molecule has 0 saturated heterocycles. The summed E-state index contributed by atoms with van der Waals surface area (Å²) in [4.78, 5) is 0. The fourth-order valence-electron chi connectivity index (χ4n) is 2.50. The maximum atomic E-state index is 9.79. The third-order valence-corrected chi connectivity index (χ3v) is 8.98. The summed E-state index contributed by atoms with van der Waals surface area (Å²) in [5, 5.41) is 9.79. The summed E-state index contributed by atoms with van der Waals surface area (Å²) in [5.74, 6) is 0. The molecule has 0 bridgehead atoms. The zero-order chi connectivity index (χ0) is 15.7. The lowest BCUT2D eigenvalue weighted by Crippen LogP contribution is -2.37. The highest BCUT2D eigenvalue weighted by atomic mass is 28.4. The Balaban J connectivity index is 2.99. The molecule has 0 aliphatic carbocycles. The summed E-state index contributed by atoms with van der Waals surface area (Å²) < 4.78 is 6.61. The number of rotatable bonds is 9. The van der Waals surface area contributed by atoms with E-state index >= 15 is 0 Å². The lowest BCUT2D eigenvalue weighted by Gasteiger charge is -2.32. The van der Waals surface area contributed by atoms with Crippen molar-refractivity contribution < 1.29 is 9.53 Å². The summed E-state index contributed by atoms with van der Waals surface area (Å²) >= 11 is 0. The van der Waals surface area contributed by atoms with Gasteiger partial charge in [-0.1, -0.05) is 70.2 Å².